The van der Waals surface area contributed by atoms with Crippen LogP contribution in [-0.2, 0) is 27.3 Å². The Balaban J connectivity index is 1.64. The molecule has 1 atom stereocenters. The van der Waals surface area contributed by atoms with Crippen LogP contribution in [-0.4, -0.2) is 54.4 Å². The van der Waals surface area contributed by atoms with E-state index in [1.807, 2.05) is 11.8 Å². The predicted molar refractivity (Wildman–Crippen MR) is 118 cm³/mol. The fourth-order valence-electron chi connectivity index (χ4n) is 5.35. The first-order valence-corrected chi connectivity index (χ1v) is 11.7. The Hall–Kier alpha value is -2.23. The molecule has 6 heterocycles. The summed E-state index contributed by atoms with van der Waals surface area (Å²) in [6, 6.07) is 0. The fourth-order valence-corrected chi connectivity index (χ4v) is 6.43. The first-order valence-electron chi connectivity index (χ1n) is 10.9. The van der Waals surface area contributed by atoms with Crippen LogP contribution in [0.4, 0.5) is 11.5 Å². The van der Waals surface area contributed by atoms with Crippen LogP contribution in [0.3, 0.4) is 0 Å². The van der Waals surface area contributed by atoms with E-state index >= 15 is 0 Å². The Kier molecular flexibility index (Phi) is 4.02. The number of anilines is 2. The molecule has 0 spiro atoms. The minimum atomic E-state index is -0.675. The van der Waals surface area contributed by atoms with Gasteiger partial charge in [0.25, 0.3) is 5.91 Å². The Morgan fingerprint density at radius 1 is 1.13 bits per heavy atom. The zero-order chi connectivity index (χ0) is 21.5. The Morgan fingerprint density at radius 3 is 2.68 bits per heavy atom. The minimum absolute atomic E-state index is 0.0563. The van der Waals surface area contributed by atoms with Crippen molar-refractivity contribution in [3.05, 3.63) is 16.0 Å². The van der Waals surface area contributed by atoms with Gasteiger partial charge in [-0.25, -0.2) is 4.98 Å². The molecule has 0 aromatic carbocycles. The first kappa shape index (κ1) is 19.5. The highest BCUT2D eigenvalue weighted by Crippen LogP contribution is 2.50. The molecule has 0 bridgehead atoms. The molecule has 4 aliphatic rings. The fraction of sp³-hybridized carbons (Fsp3) is 0.591. The van der Waals surface area contributed by atoms with Gasteiger partial charge in [-0.2, -0.15) is 0 Å². The number of hydrogen-bond donors (Lipinski definition) is 1. The molecular weight excluding hydrogens is 416 g/mol. The zero-order valence-electron chi connectivity index (χ0n) is 18.0. The molecule has 0 unspecified atom stereocenters. The molecule has 2 aromatic rings. The van der Waals surface area contributed by atoms with Crippen molar-refractivity contribution in [3.63, 3.8) is 0 Å². The van der Waals surface area contributed by atoms with Gasteiger partial charge in [0.15, 0.2) is 0 Å². The SMILES string of the molecule is CC1(C)Cc2c(c(N3CCOCC3)nc3sc4c(c23)N2C(=O)CC[C@]2(C)NC4=O)CO1. The van der Waals surface area contributed by atoms with Crippen molar-refractivity contribution in [3.8, 4) is 0 Å². The average molecular weight is 443 g/mol. The van der Waals surface area contributed by atoms with Gasteiger partial charge in [0.05, 0.1) is 31.1 Å². The number of morpholine rings is 1. The van der Waals surface area contributed by atoms with Crippen molar-refractivity contribution in [1.82, 2.24) is 10.3 Å². The third-order valence-corrected chi connectivity index (χ3v) is 7.98. The molecule has 2 aromatic heterocycles. The largest absolute Gasteiger partial charge is 0.378 e. The molecule has 2 amide bonds. The number of nitrogens with zero attached hydrogens (tertiary/aromatic N) is 3. The zero-order valence-corrected chi connectivity index (χ0v) is 18.9. The third-order valence-electron chi connectivity index (χ3n) is 6.91. The van der Waals surface area contributed by atoms with Crippen LogP contribution in [0.1, 0.15) is 54.4 Å². The second-order valence-electron chi connectivity index (χ2n) is 9.63. The number of amides is 2. The highest BCUT2D eigenvalue weighted by Gasteiger charge is 2.50. The van der Waals surface area contributed by atoms with Crippen LogP contribution in [0, 0.1) is 0 Å². The molecule has 9 heteroatoms. The van der Waals surface area contributed by atoms with E-state index in [2.05, 4.69) is 24.1 Å². The van der Waals surface area contributed by atoms with Gasteiger partial charge in [-0.15, -0.1) is 11.3 Å². The topological polar surface area (TPSA) is 84.0 Å². The van der Waals surface area contributed by atoms with Crippen molar-refractivity contribution in [2.45, 2.75) is 57.9 Å². The van der Waals surface area contributed by atoms with Gasteiger partial charge in [0.2, 0.25) is 5.91 Å². The van der Waals surface area contributed by atoms with Gasteiger partial charge in [0.1, 0.15) is 21.2 Å². The van der Waals surface area contributed by atoms with Crippen LogP contribution in [0.2, 0.25) is 0 Å². The quantitative estimate of drug-likeness (QED) is 0.731. The molecule has 2 saturated heterocycles. The summed E-state index contributed by atoms with van der Waals surface area (Å²) in [5, 5.41) is 4.03. The van der Waals surface area contributed by atoms with Gasteiger partial charge < -0.3 is 19.7 Å². The van der Waals surface area contributed by atoms with Gasteiger partial charge in [-0.05, 0) is 32.8 Å². The van der Waals surface area contributed by atoms with E-state index in [0.717, 1.165) is 45.9 Å². The Labute approximate surface area is 184 Å². The predicted octanol–water partition coefficient (Wildman–Crippen LogP) is 2.57. The summed E-state index contributed by atoms with van der Waals surface area (Å²) in [6.45, 7) is 9.50. The normalized spacial score (nSPS) is 27.2. The van der Waals surface area contributed by atoms with Crippen LogP contribution >= 0.6 is 11.3 Å². The van der Waals surface area contributed by atoms with E-state index in [4.69, 9.17) is 14.5 Å². The summed E-state index contributed by atoms with van der Waals surface area (Å²) in [4.78, 5) is 36.6. The number of pyridine rings is 1. The molecule has 164 valence electrons. The molecule has 31 heavy (non-hydrogen) atoms. The van der Waals surface area contributed by atoms with Crippen LogP contribution in [0.15, 0.2) is 0 Å². The maximum atomic E-state index is 13.1. The summed E-state index contributed by atoms with van der Waals surface area (Å²) in [6.07, 6.45) is 1.76. The maximum absolute atomic E-state index is 13.1. The van der Waals surface area contributed by atoms with Crippen molar-refractivity contribution in [2.24, 2.45) is 0 Å². The number of fused-ring (bicyclic) bond motifs is 7. The van der Waals surface area contributed by atoms with E-state index in [1.54, 1.807) is 0 Å². The summed E-state index contributed by atoms with van der Waals surface area (Å²) in [7, 11) is 0. The lowest BCUT2D eigenvalue weighted by atomic mass is 9.89. The standard InChI is InChI=1S/C22H26N4O4S/c1-21(2)10-12-13(11-30-21)18(25-6-8-29-9-7-25)23-20-15(12)16-17(31-20)19(28)24-22(3)5-4-14(27)26(16)22/h4-11H2,1-3H3,(H,24,28)/t22-/m1/s1. The van der Waals surface area contributed by atoms with Crippen molar-refractivity contribution in [1.29, 1.82) is 0 Å². The second-order valence-corrected chi connectivity index (χ2v) is 10.6. The van der Waals surface area contributed by atoms with Gasteiger partial charge in [-0.3, -0.25) is 14.5 Å². The van der Waals surface area contributed by atoms with Crippen LogP contribution < -0.4 is 15.1 Å². The molecule has 4 aliphatic heterocycles. The number of ether oxygens (including phenoxy) is 2. The molecule has 0 radical (unpaired) electrons. The molecule has 2 fully saturated rings. The highest BCUT2D eigenvalue weighted by molar-refractivity contribution is 7.21. The molecule has 0 saturated carbocycles. The monoisotopic (exact) mass is 442 g/mol. The number of carbonyl (C=O) groups is 2. The van der Waals surface area contributed by atoms with Crippen molar-refractivity contribution in [2.75, 3.05) is 36.1 Å². The maximum Gasteiger partial charge on any atom is 0.265 e. The average Bonchev–Trinajstić information content (AvgIpc) is 3.25. The second kappa shape index (κ2) is 6.40. The molecule has 8 nitrogen and oxygen atoms in total. The summed E-state index contributed by atoms with van der Waals surface area (Å²) in [5.74, 6) is 0.871. The summed E-state index contributed by atoms with van der Waals surface area (Å²) < 4.78 is 11.7. The summed E-state index contributed by atoms with van der Waals surface area (Å²) >= 11 is 1.39. The van der Waals surface area contributed by atoms with E-state index in [0.29, 0.717) is 44.0 Å². The summed E-state index contributed by atoms with van der Waals surface area (Å²) in [5.41, 5.74) is 1.99. The minimum Gasteiger partial charge on any atom is -0.378 e. The van der Waals surface area contributed by atoms with E-state index in [-0.39, 0.29) is 17.4 Å². The van der Waals surface area contributed by atoms with Crippen LogP contribution in [0.25, 0.3) is 10.2 Å². The molecule has 1 N–H and O–H groups in total. The van der Waals surface area contributed by atoms with Gasteiger partial charge >= 0.3 is 0 Å². The molecular formula is C22H26N4O4S. The van der Waals surface area contributed by atoms with Crippen molar-refractivity contribution < 1.29 is 19.1 Å². The van der Waals surface area contributed by atoms with Gasteiger partial charge in [0, 0.05) is 36.9 Å². The Morgan fingerprint density at radius 2 is 1.90 bits per heavy atom. The Bertz CT molecular complexity index is 1140. The van der Waals surface area contributed by atoms with Crippen LogP contribution in [0.5, 0.6) is 0 Å². The van der Waals surface area contributed by atoms with Gasteiger partial charge in [-0.1, -0.05) is 0 Å². The number of rotatable bonds is 1. The smallest absolute Gasteiger partial charge is 0.265 e. The lowest BCUT2D eigenvalue weighted by molar-refractivity contribution is -0.117. The number of hydrogen-bond acceptors (Lipinski definition) is 7. The highest BCUT2D eigenvalue weighted by atomic mass is 32.1. The lowest BCUT2D eigenvalue weighted by Gasteiger charge is -2.40. The molecule has 0 aliphatic carbocycles. The van der Waals surface area contributed by atoms with E-state index in [9.17, 15) is 9.59 Å². The van der Waals surface area contributed by atoms with Crippen molar-refractivity contribution >= 4 is 44.9 Å². The number of nitrogens with one attached hydrogen (secondary N) is 1. The number of aromatic nitrogens is 1. The van der Waals surface area contributed by atoms with E-state index in [1.165, 1.54) is 11.3 Å². The lowest BCUT2D eigenvalue weighted by Crippen LogP contribution is -2.59. The molecule has 6 rings (SSSR count). The number of thiophene rings is 1. The van der Waals surface area contributed by atoms with E-state index < -0.39 is 5.66 Å². The first-order chi connectivity index (χ1) is 14.8. The third kappa shape index (κ3) is 2.76. The number of carbonyl (C=O) groups excluding carboxylic acids is 2.